The molecule has 0 saturated carbocycles. The Morgan fingerprint density at radius 2 is 2.00 bits per heavy atom. The SMILES string of the molecule is CCc1nsc(C(C(C)C)C(C)Cl)n1. The van der Waals surface area contributed by atoms with Crippen LogP contribution in [-0.2, 0) is 6.42 Å². The van der Waals surface area contributed by atoms with Gasteiger partial charge in [-0.3, -0.25) is 0 Å². The van der Waals surface area contributed by atoms with E-state index in [-0.39, 0.29) is 5.38 Å². The van der Waals surface area contributed by atoms with Gasteiger partial charge >= 0.3 is 0 Å². The van der Waals surface area contributed by atoms with Gasteiger partial charge in [-0.15, -0.1) is 11.6 Å². The molecule has 0 saturated heterocycles. The number of rotatable bonds is 4. The quantitative estimate of drug-likeness (QED) is 0.743. The Morgan fingerprint density at radius 3 is 2.36 bits per heavy atom. The highest BCUT2D eigenvalue weighted by atomic mass is 35.5. The van der Waals surface area contributed by atoms with Crippen LogP contribution < -0.4 is 0 Å². The maximum absolute atomic E-state index is 6.16. The van der Waals surface area contributed by atoms with E-state index in [9.17, 15) is 0 Å². The zero-order chi connectivity index (χ0) is 10.7. The van der Waals surface area contributed by atoms with Crippen LogP contribution in [-0.4, -0.2) is 14.7 Å². The highest BCUT2D eigenvalue weighted by molar-refractivity contribution is 7.05. The molecule has 0 fully saturated rings. The number of hydrogen-bond acceptors (Lipinski definition) is 3. The van der Waals surface area contributed by atoms with Crippen LogP contribution in [0, 0.1) is 5.92 Å². The molecule has 0 amide bonds. The van der Waals surface area contributed by atoms with Crippen molar-refractivity contribution in [1.29, 1.82) is 0 Å². The zero-order valence-corrected chi connectivity index (χ0v) is 10.7. The Kier molecular flexibility index (Phi) is 4.32. The van der Waals surface area contributed by atoms with Gasteiger partial charge in [-0.2, -0.15) is 4.37 Å². The lowest BCUT2D eigenvalue weighted by molar-refractivity contribution is 0.488. The topological polar surface area (TPSA) is 25.8 Å². The molecule has 2 atom stereocenters. The van der Waals surface area contributed by atoms with E-state index in [1.165, 1.54) is 11.5 Å². The summed E-state index contributed by atoms with van der Waals surface area (Å²) >= 11 is 7.66. The van der Waals surface area contributed by atoms with Gasteiger partial charge in [-0.25, -0.2) is 4.98 Å². The first kappa shape index (κ1) is 11.9. The number of alkyl halides is 1. The molecule has 2 nitrogen and oxygen atoms in total. The third-order valence-corrected chi connectivity index (χ3v) is 3.42. The third kappa shape index (κ3) is 2.67. The van der Waals surface area contributed by atoms with Gasteiger partial charge in [0, 0.05) is 17.7 Å². The average molecular weight is 233 g/mol. The van der Waals surface area contributed by atoms with Crippen LogP contribution in [0.15, 0.2) is 0 Å². The molecule has 0 bridgehead atoms. The summed E-state index contributed by atoms with van der Waals surface area (Å²) < 4.78 is 4.29. The van der Waals surface area contributed by atoms with E-state index in [1.54, 1.807) is 0 Å². The third-order valence-electron chi connectivity index (χ3n) is 2.30. The van der Waals surface area contributed by atoms with Crippen LogP contribution in [0.1, 0.15) is 44.4 Å². The molecule has 2 unspecified atom stereocenters. The number of nitrogens with zero attached hydrogens (tertiary/aromatic N) is 2. The first-order valence-electron chi connectivity index (χ1n) is 5.02. The first-order valence-corrected chi connectivity index (χ1v) is 6.23. The Labute approximate surface area is 94.9 Å². The standard InChI is InChI=1S/C10H17ClN2S/c1-5-8-12-10(14-13-8)9(6(2)3)7(4)11/h6-7,9H,5H2,1-4H3. The summed E-state index contributed by atoms with van der Waals surface area (Å²) in [7, 11) is 0. The Bertz CT molecular complexity index is 275. The largest absolute Gasteiger partial charge is 0.224 e. The summed E-state index contributed by atoms with van der Waals surface area (Å²) in [5.74, 6) is 1.78. The maximum atomic E-state index is 6.16. The molecule has 0 N–H and O–H groups in total. The molecule has 14 heavy (non-hydrogen) atoms. The van der Waals surface area contributed by atoms with E-state index in [0.717, 1.165) is 17.3 Å². The highest BCUT2D eigenvalue weighted by Gasteiger charge is 2.24. The molecule has 80 valence electrons. The molecular weight excluding hydrogens is 216 g/mol. The number of aryl methyl sites for hydroxylation is 1. The molecule has 1 heterocycles. The minimum absolute atomic E-state index is 0.118. The van der Waals surface area contributed by atoms with Crippen molar-refractivity contribution in [3.63, 3.8) is 0 Å². The van der Waals surface area contributed by atoms with E-state index in [2.05, 4.69) is 30.1 Å². The Hall–Kier alpha value is -0.150. The van der Waals surface area contributed by atoms with Gasteiger partial charge in [0.2, 0.25) is 0 Å². The van der Waals surface area contributed by atoms with Gasteiger partial charge in [0.05, 0.1) is 0 Å². The molecule has 4 heteroatoms. The average Bonchev–Trinajstić information content (AvgIpc) is 2.51. The van der Waals surface area contributed by atoms with Crippen molar-refractivity contribution >= 4 is 23.1 Å². The molecule has 0 aliphatic rings. The van der Waals surface area contributed by atoms with E-state index < -0.39 is 0 Å². The van der Waals surface area contributed by atoms with Crippen molar-refractivity contribution in [2.75, 3.05) is 0 Å². The van der Waals surface area contributed by atoms with Crippen molar-refractivity contribution in [2.45, 2.75) is 45.4 Å². The molecule has 0 aromatic carbocycles. The summed E-state index contributed by atoms with van der Waals surface area (Å²) in [6.45, 7) is 8.45. The van der Waals surface area contributed by atoms with E-state index in [4.69, 9.17) is 11.6 Å². The fourth-order valence-corrected chi connectivity index (χ4v) is 3.16. The summed E-state index contributed by atoms with van der Waals surface area (Å²) in [6.07, 6.45) is 0.901. The second-order valence-corrected chi connectivity index (χ2v) is 5.32. The van der Waals surface area contributed by atoms with Gasteiger partial charge in [0.15, 0.2) is 0 Å². The van der Waals surface area contributed by atoms with Gasteiger partial charge in [0.1, 0.15) is 10.8 Å². The van der Waals surface area contributed by atoms with Gasteiger partial charge in [0.25, 0.3) is 0 Å². The fourth-order valence-electron chi connectivity index (χ4n) is 1.56. The summed E-state index contributed by atoms with van der Waals surface area (Å²) in [4.78, 5) is 4.49. The fraction of sp³-hybridized carbons (Fsp3) is 0.800. The number of halogens is 1. The van der Waals surface area contributed by atoms with Gasteiger partial charge in [-0.1, -0.05) is 20.8 Å². The molecule has 0 aliphatic carbocycles. The Morgan fingerprint density at radius 1 is 1.36 bits per heavy atom. The molecular formula is C10H17ClN2S. The number of hydrogen-bond donors (Lipinski definition) is 0. The van der Waals surface area contributed by atoms with Crippen LogP contribution in [0.3, 0.4) is 0 Å². The second kappa shape index (κ2) is 5.08. The van der Waals surface area contributed by atoms with E-state index in [1.807, 2.05) is 6.92 Å². The van der Waals surface area contributed by atoms with E-state index in [0.29, 0.717) is 11.8 Å². The number of aromatic nitrogens is 2. The molecule has 1 aromatic heterocycles. The van der Waals surface area contributed by atoms with Crippen LogP contribution >= 0.6 is 23.1 Å². The highest BCUT2D eigenvalue weighted by Crippen LogP contribution is 2.31. The van der Waals surface area contributed by atoms with Crippen molar-refractivity contribution in [2.24, 2.45) is 5.92 Å². The molecule has 1 aromatic rings. The van der Waals surface area contributed by atoms with Crippen molar-refractivity contribution in [3.05, 3.63) is 10.8 Å². The van der Waals surface area contributed by atoms with Crippen LogP contribution in [0.2, 0.25) is 0 Å². The maximum Gasteiger partial charge on any atom is 0.142 e. The van der Waals surface area contributed by atoms with Crippen molar-refractivity contribution in [3.8, 4) is 0 Å². The van der Waals surface area contributed by atoms with Gasteiger partial charge in [-0.05, 0) is 24.4 Å². The van der Waals surface area contributed by atoms with E-state index >= 15 is 0 Å². The molecule has 0 radical (unpaired) electrons. The van der Waals surface area contributed by atoms with Gasteiger partial charge < -0.3 is 0 Å². The minimum atomic E-state index is 0.118. The molecule has 1 rings (SSSR count). The summed E-state index contributed by atoms with van der Waals surface area (Å²) in [6, 6.07) is 0. The lowest BCUT2D eigenvalue weighted by atomic mass is 9.93. The summed E-state index contributed by atoms with van der Waals surface area (Å²) in [5.41, 5.74) is 0. The lowest BCUT2D eigenvalue weighted by Gasteiger charge is -2.19. The van der Waals surface area contributed by atoms with Crippen LogP contribution in [0.25, 0.3) is 0 Å². The van der Waals surface area contributed by atoms with Crippen LogP contribution in [0.4, 0.5) is 0 Å². The molecule has 0 spiro atoms. The summed E-state index contributed by atoms with van der Waals surface area (Å²) in [5, 5.41) is 1.20. The van der Waals surface area contributed by atoms with Crippen LogP contribution in [0.5, 0.6) is 0 Å². The monoisotopic (exact) mass is 232 g/mol. The van der Waals surface area contributed by atoms with Crippen molar-refractivity contribution in [1.82, 2.24) is 9.36 Å². The normalized spacial score (nSPS) is 15.9. The smallest absolute Gasteiger partial charge is 0.142 e. The van der Waals surface area contributed by atoms with Crippen molar-refractivity contribution < 1.29 is 0 Å². The minimum Gasteiger partial charge on any atom is -0.224 e. The predicted molar refractivity (Wildman–Crippen MR) is 62.2 cm³/mol. The second-order valence-electron chi connectivity index (χ2n) is 3.85. The zero-order valence-electron chi connectivity index (χ0n) is 9.12. The first-order chi connectivity index (χ1) is 6.56. The molecule has 0 aliphatic heterocycles. The lowest BCUT2D eigenvalue weighted by Crippen LogP contribution is -2.15. The Balaban J connectivity index is 2.88. The predicted octanol–water partition coefficient (Wildman–Crippen LogP) is 3.47.